The second-order valence-electron chi connectivity index (χ2n) is 4.34. The summed E-state index contributed by atoms with van der Waals surface area (Å²) in [4.78, 5) is 8.83. The van der Waals surface area contributed by atoms with Gasteiger partial charge in [0.2, 0.25) is 5.88 Å². The van der Waals surface area contributed by atoms with Gasteiger partial charge in [0.05, 0.1) is 6.61 Å². The molecule has 0 bridgehead atoms. The molecule has 0 fully saturated rings. The second kappa shape index (κ2) is 8.72. The zero-order chi connectivity index (χ0) is 13.2. The molecule has 0 saturated carbocycles. The van der Waals surface area contributed by atoms with Crippen LogP contribution in [-0.2, 0) is 6.42 Å². The van der Waals surface area contributed by atoms with E-state index >= 15 is 0 Å². The van der Waals surface area contributed by atoms with Crippen LogP contribution >= 0.6 is 0 Å². The summed E-state index contributed by atoms with van der Waals surface area (Å²) >= 11 is 0. The van der Waals surface area contributed by atoms with Crippen molar-refractivity contribution in [3.63, 3.8) is 0 Å². The number of hydrogen-bond donors (Lipinski definition) is 1. The maximum Gasteiger partial charge on any atom is 0.218 e. The zero-order valence-electron chi connectivity index (χ0n) is 11.8. The quantitative estimate of drug-likeness (QED) is 0.683. The SMILES string of the molecule is CCCCNc1cc(OCCCC)nc(CC)n1. The van der Waals surface area contributed by atoms with Crippen LogP contribution in [0.15, 0.2) is 6.07 Å². The van der Waals surface area contributed by atoms with E-state index in [1.807, 2.05) is 6.07 Å². The average molecular weight is 251 g/mol. The maximum absolute atomic E-state index is 5.64. The van der Waals surface area contributed by atoms with Crippen LogP contribution < -0.4 is 10.1 Å². The summed E-state index contributed by atoms with van der Waals surface area (Å²) in [7, 11) is 0. The summed E-state index contributed by atoms with van der Waals surface area (Å²) in [5.41, 5.74) is 0. The third-order valence-electron chi connectivity index (χ3n) is 2.65. The molecular formula is C14H25N3O. The Kier molecular flexibility index (Phi) is 7.14. The van der Waals surface area contributed by atoms with Crippen LogP contribution in [0.1, 0.15) is 52.3 Å². The van der Waals surface area contributed by atoms with Crippen LogP contribution in [0.4, 0.5) is 5.82 Å². The van der Waals surface area contributed by atoms with Crippen LogP contribution in [0.25, 0.3) is 0 Å². The molecule has 1 rings (SSSR count). The molecule has 0 saturated heterocycles. The summed E-state index contributed by atoms with van der Waals surface area (Å²) in [5.74, 6) is 2.40. The molecule has 4 heteroatoms. The fourth-order valence-corrected chi connectivity index (χ4v) is 1.51. The van der Waals surface area contributed by atoms with Crippen molar-refractivity contribution in [2.24, 2.45) is 0 Å². The Morgan fingerprint density at radius 1 is 1.11 bits per heavy atom. The molecular weight excluding hydrogens is 226 g/mol. The highest BCUT2D eigenvalue weighted by atomic mass is 16.5. The van der Waals surface area contributed by atoms with E-state index in [9.17, 15) is 0 Å². The van der Waals surface area contributed by atoms with Crippen molar-refractivity contribution >= 4 is 5.82 Å². The highest BCUT2D eigenvalue weighted by molar-refractivity contribution is 5.38. The number of aromatic nitrogens is 2. The van der Waals surface area contributed by atoms with Gasteiger partial charge in [-0.3, -0.25) is 0 Å². The second-order valence-corrected chi connectivity index (χ2v) is 4.34. The number of nitrogens with one attached hydrogen (secondary N) is 1. The van der Waals surface area contributed by atoms with Gasteiger partial charge < -0.3 is 10.1 Å². The van der Waals surface area contributed by atoms with Crippen LogP contribution in [0.2, 0.25) is 0 Å². The first kappa shape index (κ1) is 14.7. The molecule has 1 aromatic rings. The predicted molar refractivity (Wildman–Crippen MR) is 75.2 cm³/mol. The van der Waals surface area contributed by atoms with Crippen molar-refractivity contribution in [2.75, 3.05) is 18.5 Å². The lowest BCUT2D eigenvalue weighted by Crippen LogP contribution is -2.07. The van der Waals surface area contributed by atoms with Crippen LogP contribution in [0.3, 0.4) is 0 Å². The van der Waals surface area contributed by atoms with Crippen molar-refractivity contribution in [1.29, 1.82) is 0 Å². The first-order valence-corrected chi connectivity index (χ1v) is 7.04. The minimum Gasteiger partial charge on any atom is -0.478 e. The lowest BCUT2D eigenvalue weighted by molar-refractivity contribution is 0.296. The average Bonchev–Trinajstić information content (AvgIpc) is 2.39. The first-order valence-electron chi connectivity index (χ1n) is 7.04. The standard InChI is InChI=1S/C14H25N3O/c1-4-7-9-15-13-11-14(18-10-8-5-2)17-12(6-3)16-13/h11H,4-10H2,1-3H3,(H,15,16,17). The molecule has 1 aromatic heterocycles. The third kappa shape index (κ3) is 5.34. The number of unbranched alkanes of at least 4 members (excludes halogenated alkanes) is 2. The number of nitrogens with zero attached hydrogens (tertiary/aromatic N) is 2. The van der Waals surface area contributed by atoms with Gasteiger partial charge >= 0.3 is 0 Å². The molecule has 102 valence electrons. The summed E-state index contributed by atoms with van der Waals surface area (Å²) in [6, 6.07) is 1.89. The summed E-state index contributed by atoms with van der Waals surface area (Å²) < 4.78 is 5.64. The van der Waals surface area contributed by atoms with E-state index in [0.717, 1.165) is 50.5 Å². The van der Waals surface area contributed by atoms with Gasteiger partial charge in [-0.2, -0.15) is 4.98 Å². The molecule has 0 amide bonds. The van der Waals surface area contributed by atoms with E-state index in [-0.39, 0.29) is 0 Å². The summed E-state index contributed by atoms with van der Waals surface area (Å²) in [6.45, 7) is 8.06. The van der Waals surface area contributed by atoms with Crippen LogP contribution in [-0.4, -0.2) is 23.1 Å². The molecule has 0 spiro atoms. The topological polar surface area (TPSA) is 47.0 Å². The third-order valence-corrected chi connectivity index (χ3v) is 2.65. The van der Waals surface area contributed by atoms with Gasteiger partial charge in [0.1, 0.15) is 11.6 Å². The lowest BCUT2D eigenvalue weighted by Gasteiger charge is -2.10. The minimum atomic E-state index is 0.689. The highest BCUT2D eigenvalue weighted by Crippen LogP contribution is 2.14. The lowest BCUT2D eigenvalue weighted by atomic mass is 10.3. The Hall–Kier alpha value is -1.32. The van der Waals surface area contributed by atoms with Gasteiger partial charge in [-0.15, -0.1) is 0 Å². The molecule has 0 atom stereocenters. The highest BCUT2D eigenvalue weighted by Gasteiger charge is 2.04. The van der Waals surface area contributed by atoms with Gasteiger partial charge in [0.15, 0.2) is 0 Å². The molecule has 1 heterocycles. The van der Waals surface area contributed by atoms with Crippen molar-refractivity contribution in [2.45, 2.75) is 52.9 Å². The molecule has 0 radical (unpaired) electrons. The van der Waals surface area contributed by atoms with Crippen molar-refractivity contribution in [1.82, 2.24) is 9.97 Å². The normalized spacial score (nSPS) is 10.4. The summed E-state index contributed by atoms with van der Waals surface area (Å²) in [5, 5.41) is 3.32. The number of ether oxygens (including phenoxy) is 1. The Balaban J connectivity index is 2.62. The number of anilines is 1. The van der Waals surface area contributed by atoms with E-state index in [1.54, 1.807) is 0 Å². The van der Waals surface area contributed by atoms with Gasteiger partial charge in [0, 0.05) is 19.0 Å². The zero-order valence-corrected chi connectivity index (χ0v) is 11.8. The molecule has 0 aliphatic rings. The maximum atomic E-state index is 5.64. The fourth-order valence-electron chi connectivity index (χ4n) is 1.51. The van der Waals surface area contributed by atoms with E-state index < -0.39 is 0 Å². The van der Waals surface area contributed by atoms with Gasteiger partial charge in [-0.05, 0) is 12.8 Å². The van der Waals surface area contributed by atoms with Gasteiger partial charge in [0.25, 0.3) is 0 Å². The molecule has 1 N–H and O–H groups in total. The summed E-state index contributed by atoms with van der Waals surface area (Å²) in [6.07, 6.45) is 5.35. The minimum absolute atomic E-state index is 0.689. The Bertz CT molecular complexity index is 314. The Labute approximate surface area is 110 Å². The van der Waals surface area contributed by atoms with E-state index in [1.165, 1.54) is 6.42 Å². The van der Waals surface area contributed by atoms with Crippen molar-refractivity contribution in [3.05, 3.63) is 11.9 Å². The fraction of sp³-hybridized carbons (Fsp3) is 0.714. The molecule has 18 heavy (non-hydrogen) atoms. The smallest absolute Gasteiger partial charge is 0.218 e. The predicted octanol–water partition coefficient (Wildman–Crippen LogP) is 3.43. The monoisotopic (exact) mass is 251 g/mol. The van der Waals surface area contributed by atoms with Gasteiger partial charge in [-0.1, -0.05) is 33.6 Å². The number of hydrogen-bond acceptors (Lipinski definition) is 4. The van der Waals surface area contributed by atoms with Crippen LogP contribution in [0, 0.1) is 0 Å². The van der Waals surface area contributed by atoms with E-state index in [4.69, 9.17) is 4.74 Å². The first-order chi connectivity index (χ1) is 8.80. The van der Waals surface area contributed by atoms with Gasteiger partial charge in [-0.25, -0.2) is 4.98 Å². The van der Waals surface area contributed by atoms with Crippen molar-refractivity contribution in [3.8, 4) is 5.88 Å². The van der Waals surface area contributed by atoms with Crippen LogP contribution in [0.5, 0.6) is 5.88 Å². The molecule has 0 aliphatic heterocycles. The molecule has 0 unspecified atom stereocenters. The molecule has 0 aromatic carbocycles. The molecule has 4 nitrogen and oxygen atoms in total. The molecule has 0 aliphatic carbocycles. The number of aryl methyl sites for hydroxylation is 1. The largest absolute Gasteiger partial charge is 0.478 e. The van der Waals surface area contributed by atoms with Crippen molar-refractivity contribution < 1.29 is 4.74 Å². The Morgan fingerprint density at radius 2 is 1.89 bits per heavy atom. The van der Waals surface area contributed by atoms with E-state index in [2.05, 4.69) is 36.1 Å². The number of rotatable bonds is 9. The Morgan fingerprint density at radius 3 is 2.56 bits per heavy atom. The van der Waals surface area contributed by atoms with E-state index in [0.29, 0.717) is 5.88 Å².